The summed E-state index contributed by atoms with van der Waals surface area (Å²) >= 11 is 12.6. The third-order valence-electron chi connectivity index (χ3n) is 2.19. The zero-order valence-corrected chi connectivity index (χ0v) is 14.1. The largest absolute Gasteiger partial charge is 0.144 e. The molecule has 0 saturated heterocycles. The minimum absolute atomic E-state index is 0.264. The van der Waals surface area contributed by atoms with Gasteiger partial charge in [-0.05, 0) is 42.8 Å². The molecule has 0 N–H and O–H groups in total. The Balaban J connectivity index is 2.37. The highest BCUT2D eigenvalue weighted by Crippen LogP contribution is 2.37. The minimum Gasteiger partial charge on any atom is -0.144 e. The summed E-state index contributed by atoms with van der Waals surface area (Å²) in [6, 6.07) is 10.6. The lowest BCUT2D eigenvalue weighted by Gasteiger charge is -2.09. The molecule has 1 unspecified atom stereocenters. The molecule has 0 aliphatic carbocycles. The maximum atomic E-state index is 3.74. The van der Waals surface area contributed by atoms with Gasteiger partial charge in [0.25, 0.3) is 0 Å². The first-order valence-corrected chi connectivity index (χ1v) is 8.04. The number of hydrogen-bond donors (Lipinski definition) is 0. The zero-order chi connectivity index (χ0) is 11.7. The van der Waals surface area contributed by atoms with Gasteiger partial charge in [-0.2, -0.15) is 0 Å². The predicted molar refractivity (Wildman–Crippen MR) is 81.7 cm³/mol. The molecule has 0 spiro atoms. The van der Waals surface area contributed by atoms with Crippen LogP contribution in [0.3, 0.4) is 0 Å². The number of alkyl halides is 1. The Bertz CT molecular complexity index is 484. The summed E-state index contributed by atoms with van der Waals surface area (Å²) in [5.41, 5.74) is 1.25. The Kier molecular flexibility index (Phi) is 4.27. The number of thiophene rings is 1. The fourth-order valence-electron chi connectivity index (χ4n) is 1.48. The van der Waals surface area contributed by atoms with E-state index in [2.05, 4.69) is 79.0 Å². The second kappa shape index (κ2) is 5.34. The molecule has 4 heteroatoms. The lowest BCUT2D eigenvalue weighted by molar-refractivity contribution is 1.21. The molecule has 0 fully saturated rings. The molecule has 0 amide bonds. The summed E-state index contributed by atoms with van der Waals surface area (Å²) in [6.45, 7) is 2.13. The minimum atomic E-state index is 0.264. The van der Waals surface area contributed by atoms with Gasteiger partial charge in [0.1, 0.15) is 0 Å². The van der Waals surface area contributed by atoms with Crippen LogP contribution in [0.1, 0.15) is 20.1 Å². The molecule has 0 saturated carbocycles. The summed E-state index contributed by atoms with van der Waals surface area (Å²) in [4.78, 5) is 2.94. The van der Waals surface area contributed by atoms with E-state index in [0.717, 1.165) is 8.95 Å². The maximum absolute atomic E-state index is 3.74. The van der Waals surface area contributed by atoms with Crippen molar-refractivity contribution in [1.29, 1.82) is 0 Å². The van der Waals surface area contributed by atoms with E-state index < -0.39 is 0 Å². The molecule has 0 aliphatic heterocycles. The van der Waals surface area contributed by atoms with Gasteiger partial charge in [-0.15, -0.1) is 11.3 Å². The molecule has 0 radical (unpaired) electrons. The molecular formula is C12H9Br3S. The van der Waals surface area contributed by atoms with Crippen LogP contribution in [0.4, 0.5) is 0 Å². The summed E-state index contributed by atoms with van der Waals surface area (Å²) < 4.78 is 2.18. The van der Waals surface area contributed by atoms with Crippen LogP contribution in [0.2, 0.25) is 0 Å². The van der Waals surface area contributed by atoms with Crippen LogP contribution >= 0.6 is 59.1 Å². The number of benzene rings is 1. The molecule has 1 atom stereocenters. The number of aryl methyl sites for hydroxylation is 1. The quantitative estimate of drug-likeness (QED) is 0.513. The second-order valence-electron chi connectivity index (χ2n) is 3.51. The first-order valence-electron chi connectivity index (χ1n) is 4.72. The predicted octanol–water partition coefficient (Wildman–Crippen LogP) is 6.07. The van der Waals surface area contributed by atoms with Crippen molar-refractivity contribution in [2.75, 3.05) is 0 Å². The Morgan fingerprint density at radius 2 is 1.69 bits per heavy atom. The van der Waals surface area contributed by atoms with E-state index in [4.69, 9.17) is 0 Å². The van der Waals surface area contributed by atoms with Crippen molar-refractivity contribution in [2.45, 2.75) is 11.8 Å². The van der Waals surface area contributed by atoms with Crippen molar-refractivity contribution in [1.82, 2.24) is 0 Å². The number of hydrogen-bond acceptors (Lipinski definition) is 1. The monoisotopic (exact) mass is 422 g/mol. The van der Waals surface area contributed by atoms with Crippen molar-refractivity contribution >= 4 is 59.1 Å². The summed E-state index contributed by atoms with van der Waals surface area (Å²) in [7, 11) is 0. The molecule has 1 aromatic carbocycles. The van der Waals surface area contributed by atoms with Crippen LogP contribution < -0.4 is 0 Å². The zero-order valence-electron chi connectivity index (χ0n) is 8.51. The third kappa shape index (κ3) is 2.97. The standard InChI is InChI=1S/C12H9Br3S/c1-7-2-3-11(16-7)12(15)8-4-9(13)6-10(14)5-8/h2-6,12H,1H3. The van der Waals surface area contributed by atoms with E-state index >= 15 is 0 Å². The molecule has 16 heavy (non-hydrogen) atoms. The highest BCUT2D eigenvalue weighted by Gasteiger charge is 2.13. The SMILES string of the molecule is Cc1ccc(C(Br)c2cc(Br)cc(Br)c2)s1. The van der Waals surface area contributed by atoms with Crippen LogP contribution in [0.5, 0.6) is 0 Å². The van der Waals surface area contributed by atoms with E-state index in [9.17, 15) is 0 Å². The Morgan fingerprint density at radius 1 is 1.06 bits per heavy atom. The van der Waals surface area contributed by atoms with Crippen molar-refractivity contribution < 1.29 is 0 Å². The smallest absolute Gasteiger partial charge is 0.0738 e. The van der Waals surface area contributed by atoms with E-state index in [1.54, 1.807) is 0 Å². The van der Waals surface area contributed by atoms with E-state index in [0.29, 0.717) is 0 Å². The van der Waals surface area contributed by atoms with Gasteiger partial charge >= 0.3 is 0 Å². The van der Waals surface area contributed by atoms with E-state index in [1.807, 2.05) is 17.4 Å². The summed E-state index contributed by atoms with van der Waals surface area (Å²) in [5, 5.41) is 0. The molecule has 84 valence electrons. The van der Waals surface area contributed by atoms with Gasteiger partial charge in [0, 0.05) is 18.7 Å². The lowest BCUT2D eigenvalue weighted by atomic mass is 10.1. The van der Waals surface area contributed by atoms with Crippen LogP contribution in [-0.2, 0) is 0 Å². The maximum Gasteiger partial charge on any atom is 0.0738 e. The van der Waals surface area contributed by atoms with Crippen molar-refractivity contribution in [2.24, 2.45) is 0 Å². The Hall–Kier alpha value is 0.360. The van der Waals surface area contributed by atoms with E-state index in [1.165, 1.54) is 15.3 Å². The van der Waals surface area contributed by atoms with Gasteiger partial charge in [0.05, 0.1) is 4.83 Å². The molecular weight excluding hydrogens is 416 g/mol. The van der Waals surface area contributed by atoms with Crippen molar-refractivity contribution in [3.05, 3.63) is 54.6 Å². The average Bonchev–Trinajstić information content (AvgIpc) is 2.62. The van der Waals surface area contributed by atoms with Gasteiger partial charge in [-0.1, -0.05) is 47.8 Å². The molecule has 0 nitrogen and oxygen atoms in total. The second-order valence-corrected chi connectivity index (χ2v) is 7.58. The van der Waals surface area contributed by atoms with Gasteiger partial charge in [0.2, 0.25) is 0 Å². The van der Waals surface area contributed by atoms with Crippen molar-refractivity contribution in [3.63, 3.8) is 0 Å². The molecule has 0 aliphatic rings. The molecule has 2 rings (SSSR count). The fourth-order valence-corrected chi connectivity index (χ4v) is 4.39. The first kappa shape index (κ1) is 12.8. The molecule has 1 heterocycles. The van der Waals surface area contributed by atoms with Crippen LogP contribution in [0.25, 0.3) is 0 Å². The molecule has 0 bridgehead atoms. The van der Waals surface area contributed by atoms with Gasteiger partial charge in [-0.25, -0.2) is 0 Å². The summed E-state index contributed by atoms with van der Waals surface area (Å²) in [6.07, 6.45) is 0. The highest BCUT2D eigenvalue weighted by molar-refractivity contribution is 9.11. The number of halogens is 3. The Labute approximate surface area is 124 Å². The van der Waals surface area contributed by atoms with Gasteiger partial charge < -0.3 is 0 Å². The highest BCUT2D eigenvalue weighted by atomic mass is 79.9. The fraction of sp³-hybridized carbons (Fsp3) is 0.167. The average molecular weight is 425 g/mol. The number of rotatable bonds is 2. The molecule has 2 aromatic rings. The van der Waals surface area contributed by atoms with Crippen LogP contribution in [-0.4, -0.2) is 0 Å². The lowest BCUT2D eigenvalue weighted by Crippen LogP contribution is -1.89. The first-order chi connectivity index (χ1) is 7.56. The van der Waals surface area contributed by atoms with Crippen LogP contribution in [0, 0.1) is 6.92 Å². The van der Waals surface area contributed by atoms with Gasteiger partial charge in [0.15, 0.2) is 0 Å². The summed E-state index contributed by atoms with van der Waals surface area (Å²) in [5.74, 6) is 0. The van der Waals surface area contributed by atoms with Crippen molar-refractivity contribution in [3.8, 4) is 0 Å². The normalized spacial score (nSPS) is 12.8. The topological polar surface area (TPSA) is 0 Å². The third-order valence-corrected chi connectivity index (χ3v) is 5.49. The van der Waals surface area contributed by atoms with E-state index in [-0.39, 0.29) is 4.83 Å². The Morgan fingerprint density at radius 3 is 2.19 bits per heavy atom. The van der Waals surface area contributed by atoms with Gasteiger partial charge in [-0.3, -0.25) is 0 Å². The molecule has 1 aromatic heterocycles. The van der Waals surface area contributed by atoms with Crippen LogP contribution in [0.15, 0.2) is 39.3 Å².